The molecule has 2 rings (SSSR count). The standard InChI is InChI=1S/C14H12N4O/c1-9-6-11(4-5-16-9)18-14(19)13-8-12(15-3)7-10(2)17-13/h4-8H,1-2H3,(H,16,18,19). The molecule has 1 amide bonds. The van der Waals surface area contributed by atoms with Gasteiger partial charge in [-0.05, 0) is 38.1 Å². The lowest BCUT2D eigenvalue weighted by molar-refractivity contribution is 0.102. The molecule has 2 aromatic heterocycles. The summed E-state index contributed by atoms with van der Waals surface area (Å²) in [5.41, 5.74) is 2.76. The van der Waals surface area contributed by atoms with Crippen molar-refractivity contribution >= 4 is 17.3 Å². The molecule has 0 aliphatic carbocycles. The van der Waals surface area contributed by atoms with Gasteiger partial charge in [-0.3, -0.25) is 14.8 Å². The number of aromatic nitrogens is 2. The zero-order valence-corrected chi connectivity index (χ0v) is 10.6. The first-order valence-electron chi connectivity index (χ1n) is 5.68. The molecule has 0 spiro atoms. The van der Waals surface area contributed by atoms with Gasteiger partial charge in [0.15, 0.2) is 5.69 Å². The SMILES string of the molecule is [C-]#[N+]c1cc(C)nc(C(=O)Nc2ccnc(C)c2)c1. The fourth-order valence-corrected chi connectivity index (χ4v) is 1.65. The summed E-state index contributed by atoms with van der Waals surface area (Å²) in [6.45, 7) is 10.6. The fourth-order valence-electron chi connectivity index (χ4n) is 1.65. The molecule has 0 aliphatic heterocycles. The van der Waals surface area contributed by atoms with E-state index in [1.165, 1.54) is 6.07 Å². The first-order chi connectivity index (χ1) is 9.08. The van der Waals surface area contributed by atoms with Crippen LogP contribution in [0, 0.1) is 20.4 Å². The highest BCUT2D eigenvalue weighted by Crippen LogP contribution is 2.16. The number of pyridine rings is 2. The molecule has 19 heavy (non-hydrogen) atoms. The highest BCUT2D eigenvalue weighted by Gasteiger charge is 2.09. The van der Waals surface area contributed by atoms with E-state index in [-0.39, 0.29) is 11.6 Å². The maximum absolute atomic E-state index is 12.0. The predicted octanol–water partition coefficient (Wildman–Crippen LogP) is 2.90. The molecule has 0 fully saturated rings. The van der Waals surface area contributed by atoms with Crippen LogP contribution in [0.3, 0.4) is 0 Å². The van der Waals surface area contributed by atoms with E-state index >= 15 is 0 Å². The lowest BCUT2D eigenvalue weighted by atomic mass is 10.2. The molecule has 0 saturated carbocycles. The van der Waals surface area contributed by atoms with Crippen molar-refractivity contribution in [2.24, 2.45) is 0 Å². The van der Waals surface area contributed by atoms with Crippen LogP contribution in [0.1, 0.15) is 21.9 Å². The summed E-state index contributed by atoms with van der Waals surface area (Å²) in [6.07, 6.45) is 1.62. The molecule has 0 unspecified atom stereocenters. The van der Waals surface area contributed by atoms with Gasteiger partial charge in [0, 0.05) is 23.3 Å². The molecule has 0 saturated heterocycles. The lowest BCUT2D eigenvalue weighted by Gasteiger charge is -2.06. The van der Waals surface area contributed by atoms with Crippen molar-refractivity contribution < 1.29 is 4.79 Å². The van der Waals surface area contributed by atoms with E-state index in [9.17, 15) is 4.79 Å². The number of nitrogens with zero attached hydrogens (tertiary/aromatic N) is 3. The Bertz CT molecular complexity index is 673. The van der Waals surface area contributed by atoms with Gasteiger partial charge < -0.3 is 5.32 Å². The van der Waals surface area contributed by atoms with Crippen LogP contribution in [0.5, 0.6) is 0 Å². The van der Waals surface area contributed by atoms with Crippen LogP contribution >= 0.6 is 0 Å². The molecule has 1 N–H and O–H groups in total. The number of aryl methyl sites for hydroxylation is 2. The molecule has 0 aromatic carbocycles. The molecule has 0 bridgehead atoms. The van der Waals surface area contributed by atoms with E-state index in [0.717, 1.165) is 5.69 Å². The Morgan fingerprint density at radius 1 is 1.26 bits per heavy atom. The van der Waals surface area contributed by atoms with Gasteiger partial charge in [0.05, 0.1) is 6.57 Å². The van der Waals surface area contributed by atoms with Gasteiger partial charge in [0.25, 0.3) is 5.91 Å². The van der Waals surface area contributed by atoms with E-state index in [2.05, 4.69) is 20.1 Å². The lowest BCUT2D eigenvalue weighted by Crippen LogP contribution is -2.14. The summed E-state index contributed by atoms with van der Waals surface area (Å²) < 4.78 is 0. The van der Waals surface area contributed by atoms with E-state index in [1.807, 2.05) is 6.92 Å². The summed E-state index contributed by atoms with van der Waals surface area (Å²) in [6, 6.07) is 6.59. The number of amides is 1. The Morgan fingerprint density at radius 2 is 2.05 bits per heavy atom. The molecule has 0 aliphatic rings. The van der Waals surface area contributed by atoms with Crippen molar-refractivity contribution in [1.29, 1.82) is 0 Å². The normalized spacial score (nSPS) is 9.74. The Labute approximate surface area is 111 Å². The van der Waals surface area contributed by atoms with Gasteiger partial charge in [0.1, 0.15) is 5.69 Å². The maximum Gasteiger partial charge on any atom is 0.272 e. The first kappa shape index (κ1) is 12.7. The summed E-state index contributed by atoms with van der Waals surface area (Å²) in [5.74, 6) is -0.334. The minimum atomic E-state index is -0.334. The van der Waals surface area contributed by atoms with Crippen LogP contribution in [0.15, 0.2) is 30.5 Å². The van der Waals surface area contributed by atoms with Crippen LogP contribution in [0.2, 0.25) is 0 Å². The third-order valence-electron chi connectivity index (χ3n) is 2.45. The topological polar surface area (TPSA) is 59.2 Å². The van der Waals surface area contributed by atoms with Gasteiger partial charge in [0.2, 0.25) is 0 Å². The quantitative estimate of drug-likeness (QED) is 0.836. The van der Waals surface area contributed by atoms with Crippen molar-refractivity contribution in [1.82, 2.24) is 9.97 Å². The Hall–Kier alpha value is -2.74. The number of nitrogens with one attached hydrogen (secondary N) is 1. The van der Waals surface area contributed by atoms with Crippen molar-refractivity contribution in [3.8, 4) is 0 Å². The number of anilines is 1. The van der Waals surface area contributed by atoms with Gasteiger partial charge in [-0.15, -0.1) is 0 Å². The van der Waals surface area contributed by atoms with Crippen molar-refractivity contribution in [3.05, 3.63) is 59.0 Å². The van der Waals surface area contributed by atoms with Crippen molar-refractivity contribution in [3.63, 3.8) is 0 Å². The van der Waals surface area contributed by atoms with Crippen molar-refractivity contribution in [2.75, 3.05) is 5.32 Å². The van der Waals surface area contributed by atoms with Gasteiger partial charge >= 0.3 is 0 Å². The second kappa shape index (κ2) is 5.27. The number of hydrogen-bond acceptors (Lipinski definition) is 3. The summed E-state index contributed by atoms with van der Waals surface area (Å²) in [4.78, 5) is 23.5. The maximum atomic E-state index is 12.0. The molecule has 94 valence electrons. The smallest absolute Gasteiger partial charge is 0.272 e. The van der Waals surface area contributed by atoms with Crippen LogP contribution in [-0.4, -0.2) is 15.9 Å². The molecule has 0 atom stereocenters. The highest BCUT2D eigenvalue weighted by molar-refractivity contribution is 6.03. The third-order valence-corrected chi connectivity index (χ3v) is 2.45. The van der Waals surface area contributed by atoms with Crippen molar-refractivity contribution in [2.45, 2.75) is 13.8 Å². The molecule has 5 nitrogen and oxygen atoms in total. The number of rotatable bonds is 2. The largest absolute Gasteiger partial charge is 0.321 e. The van der Waals surface area contributed by atoms with E-state index in [4.69, 9.17) is 6.57 Å². The molecule has 0 radical (unpaired) electrons. The first-order valence-corrected chi connectivity index (χ1v) is 5.68. The van der Waals surface area contributed by atoms with E-state index in [1.54, 1.807) is 31.3 Å². The monoisotopic (exact) mass is 252 g/mol. The van der Waals surface area contributed by atoms with Crippen LogP contribution in [0.25, 0.3) is 4.85 Å². The number of carbonyl (C=O) groups is 1. The van der Waals surface area contributed by atoms with Crippen LogP contribution in [-0.2, 0) is 0 Å². The van der Waals surface area contributed by atoms with E-state index < -0.39 is 0 Å². The molecular weight excluding hydrogens is 240 g/mol. The predicted molar refractivity (Wildman–Crippen MR) is 72.2 cm³/mol. The average Bonchev–Trinajstić information content (AvgIpc) is 2.38. The summed E-state index contributed by atoms with van der Waals surface area (Å²) >= 11 is 0. The minimum absolute atomic E-state index is 0.237. The second-order valence-electron chi connectivity index (χ2n) is 4.10. The summed E-state index contributed by atoms with van der Waals surface area (Å²) in [5, 5.41) is 2.73. The molecule has 2 heterocycles. The van der Waals surface area contributed by atoms with E-state index in [0.29, 0.717) is 17.1 Å². The molecular formula is C14H12N4O. The Kier molecular flexibility index (Phi) is 3.53. The minimum Gasteiger partial charge on any atom is -0.321 e. The number of carbonyl (C=O) groups excluding carboxylic acids is 1. The second-order valence-corrected chi connectivity index (χ2v) is 4.10. The molecule has 5 heteroatoms. The Balaban J connectivity index is 2.25. The fraction of sp³-hybridized carbons (Fsp3) is 0.143. The van der Waals surface area contributed by atoms with Crippen LogP contribution in [0.4, 0.5) is 11.4 Å². The summed E-state index contributed by atoms with van der Waals surface area (Å²) in [7, 11) is 0. The van der Waals surface area contributed by atoms with Gasteiger partial charge in [-0.25, -0.2) is 4.85 Å². The van der Waals surface area contributed by atoms with Crippen LogP contribution < -0.4 is 5.32 Å². The third kappa shape index (κ3) is 3.13. The average molecular weight is 252 g/mol. The van der Waals surface area contributed by atoms with Gasteiger partial charge in [-0.1, -0.05) is 0 Å². The molecule has 2 aromatic rings. The van der Waals surface area contributed by atoms with Gasteiger partial charge in [-0.2, -0.15) is 0 Å². The Morgan fingerprint density at radius 3 is 2.74 bits per heavy atom. The zero-order valence-electron chi connectivity index (χ0n) is 10.6. The highest BCUT2D eigenvalue weighted by atomic mass is 16.1. The zero-order chi connectivity index (χ0) is 13.8. The number of hydrogen-bond donors (Lipinski definition) is 1.